The van der Waals surface area contributed by atoms with Crippen molar-refractivity contribution in [1.29, 1.82) is 0 Å². The second kappa shape index (κ2) is 9.07. The van der Waals surface area contributed by atoms with Crippen LogP contribution in [0.25, 0.3) is 0 Å². The number of hydrogen-bond donors (Lipinski definition) is 3. The van der Waals surface area contributed by atoms with Crippen molar-refractivity contribution in [2.75, 3.05) is 31.5 Å². The number of anilines is 1. The highest BCUT2D eigenvalue weighted by Crippen LogP contribution is 2.22. The van der Waals surface area contributed by atoms with Gasteiger partial charge in [0.1, 0.15) is 5.75 Å². The molecule has 1 fully saturated rings. The topological polar surface area (TPSA) is 96.5 Å². The fourth-order valence-electron chi connectivity index (χ4n) is 2.55. The molecule has 1 heterocycles. The largest absolute Gasteiger partial charge is 0.497 e. The highest BCUT2D eigenvalue weighted by molar-refractivity contribution is 7.92. The summed E-state index contributed by atoms with van der Waals surface area (Å²) in [5, 5.41) is 5.99. The molecule has 0 aliphatic carbocycles. The second-order valence-corrected chi connectivity index (χ2v) is 7.74. The Morgan fingerprint density at radius 2 is 1.81 bits per heavy atom. The lowest BCUT2D eigenvalue weighted by atomic mass is 10.0. The number of benzene rings is 2. The number of amides is 1. The molecule has 7 nitrogen and oxygen atoms in total. The predicted octanol–water partition coefficient (Wildman–Crippen LogP) is 1.87. The fraction of sp³-hybridized carbons (Fsp3) is 0.278. The Kier molecular flexibility index (Phi) is 7.06. The van der Waals surface area contributed by atoms with Crippen LogP contribution in [0.4, 0.5) is 5.69 Å². The molecule has 2 aromatic rings. The van der Waals surface area contributed by atoms with Crippen molar-refractivity contribution in [3.8, 4) is 5.75 Å². The van der Waals surface area contributed by atoms with Gasteiger partial charge >= 0.3 is 0 Å². The van der Waals surface area contributed by atoms with Crippen LogP contribution in [0.2, 0.25) is 0 Å². The van der Waals surface area contributed by atoms with Gasteiger partial charge in [-0.05, 0) is 36.4 Å². The normalized spacial score (nSPS) is 13.8. The maximum atomic E-state index is 12.6. The lowest BCUT2D eigenvalue weighted by Crippen LogP contribution is -2.48. The molecular weight excluding hydrogens is 390 g/mol. The molecule has 3 rings (SSSR count). The molecule has 1 amide bonds. The minimum atomic E-state index is -3.81. The van der Waals surface area contributed by atoms with Crippen LogP contribution < -0.4 is 20.1 Å². The van der Waals surface area contributed by atoms with Gasteiger partial charge < -0.3 is 15.4 Å². The molecule has 0 radical (unpaired) electrons. The Hall–Kier alpha value is -2.29. The summed E-state index contributed by atoms with van der Waals surface area (Å²) in [5.41, 5.74) is 0.532. The molecule has 0 unspecified atom stereocenters. The van der Waals surface area contributed by atoms with Crippen molar-refractivity contribution in [3.05, 3.63) is 54.1 Å². The third kappa shape index (κ3) is 5.12. The first-order valence-corrected chi connectivity index (χ1v) is 9.73. The van der Waals surface area contributed by atoms with Crippen LogP contribution in [-0.2, 0) is 10.0 Å². The van der Waals surface area contributed by atoms with E-state index in [1.807, 2.05) is 0 Å². The van der Waals surface area contributed by atoms with Crippen LogP contribution in [0.1, 0.15) is 10.4 Å². The number of methoxy groups -OCH3 is 1. The number of rotatable bonds is 7. The minimum absolute atomic E-state index is 0. The third-order valence-electron chi connectivity index (χ3n) is 4.20. The van der Waals surface area contributed by atoms with Gasteiger partial charge in [0.2, 0.25) is 0 Å². The molecule has 1 saturated heterocycles. The molecule has 1 aliphatic heterocycles. The van der Waals surface area contributed by atoms with Gasteiger partial charge in [-0.25, -0.2) is 8.42 Å². The van der Waals surface area contributed by atoms with Gasteiger partial charge in [-0.1, -0.05) is 12.1 Å². The third-order valence-corrected chi connectivity index (χ3v) is 5.58. The lowest BCUT2D eigenvalue weighted by molar-refractivity contribution is 0.0943. The molecule has 2 aromatic carbocycles. The van der Waals surface area contributed by atoms with Crippen LogP contribution in [0.15, 0.2) is 53.4 Å². The molecule has 146 valence electrons. The molecule has 0 atom stereocenters. The smallest absolute Gasteiger partial charge is 0.261 e. The number of sulfonamides is 1. The van der Waals surface area contributed by atoms with E-state index in [0.717, 1.165) is 13.1 Å². The van der Waals surface area contributed by atoms with Crippen LogP contribution in [-0.4, -0.2) is 41.1 Å². The second-order valence-electron chi connectivity index (χ2n) is 6.06. The van der Waals surface area contributed by atoms with Gasteiger partial charge in [-0.15, -0.1) is 12.4 Å². The first-order chi connectivity index (χ1) is 12.5. The molecule has 0 saturated carbocycles. The average Bonchev–Trinajstić information content (AvgIpc) is 2.60. The highest BCUT2D eigenvalue weighted by atomic mass is 35.5. The molecule has 0 aromatic heterocycles. The van der Waals surface area contributed by atoms with Crippen molar-refractivity contribution in [1.82, 2.24) is 10.6 Å². The van der Waals surface area contributed by atoms with Crippen molar-refractivity contribution in [2.24, 2.45) is 5.92 Å². The summed E-state index contributed by atoms with van der Waals surface area (Å²) in [6, 6.07) is 12.6. The van der Waals surface area contributed by atoms with Crippen LogP contribution >= 0.6 is 12.4 Å². The van der Waals surface area contributed by atoms with E-state index in [2.05, 4.69) is 15.4 Å². The molecule has 9 heteroatoms. The Morgan fingerprint density at radius 1 is 1.15 bits per heavy atom. The molecule has 0 spiro atoms. The van der Waals surface area contributed by atoms with Crippen LogP contribution in [0, 0.1) is 5.92 Å². The number of carbonyl (C=O) groups is 1. The van der Waals surface area contributed by atoms with Crippen LogP contribution in [0.3, 0.4) is 0 Å². The zero-order valence-corrected chi connectivity index (χ0v) is 16.4. The summed E-state index contributed by atoms with van der Waals surface area (Å²) in [6.07, 6.45) is 0. The van der Waals surface area contributed by atoms with Gasteiger partial charge in [0, 0.05) is 25.6 Å². The Labute approximate surface area is 165 Å². The van der Waals surface area contributed by atoms with Crippen molar-refractivity contribution in [3.63, 3.8) is 0 Å². The summed E-state index contributed by atoms with van der Waals surface area (Å²) in [5.74, 6) is 0.682. The Bertz CT molecular complexity index is 884. The zero-order chi connectivity index (χ0) is 18.6. The van der Waals surface area contributed by atoms with Crippen molar-refractivity contribution in [2.45, 2.75) is 4.90 Å². The number of halogens is 1. The summed E-state index contributed by atoms with van der Waals surface area (Å²) in [7, 11) is -2.30. The van der Waals surface area contributed by atoms with E-state index < -0.39 is 10.0 Å². The van der Waals surface area contributed by atoms with E-state index in [-0.39, 0.29) is 34.5 Å². The first-order valence-electron chi connectivity index (χ1n) is 8.24. The SMILES string of the molecule is COc1ccc(S(=O)(=O)Nc2ccccc2C(=O)NCC2CNC2)cc1.Cl. The number of para-hydroxylation sites is 1. The molecule has 1 aliphatic rings. The highest BCUT2D eigenvalue weighted by Gasteiger charge is 2.21. The van der Waals surface area contributed by atoms with Crippen molar-refractivity contribution >= 4 is 34.0 Å². The zero-order valence-electron chi connectivity index (χ0n) is 14.8. The maximum absolute atomic E-state index is 12.6. The molecule has 3 N–H and O–H groups in total. The van der Waals surface area contributed by atoms with E-state index in [0.29, 0.717) is 18.2 Å². The van der Waals surface area contributed by atoms with Crippen LogP contribution in [0.5, 0.6) is 5.75 Å². The monoisotopic (exact) mass is 411 g/mol. The maximum Gasteiger partial charge on any atom is 0.261 e. The lowest BCUT2D eigenvalue weighted by Gasteiger charge is -2.27. The molecular formula is C18H22ClN3O4S. The summed E-state index contributed by atoms with van der Waals surface area (Å²) in [6.45, 7) is 2.32. The Balaban J connectivity index is 0.00000261. The minimum Gasteiger partial charge on any atom is -0.497 e. The van der Waals surface area contributed by atoms with E-state index in [9.17, 15) is 13.2 Å². The van der Waals surface area contributed by atoms with Gasteiger partial charge in [-0.2, -0.15) is 0 Å². The average molecular weight is 412 g/mol. The van der Waals surface area contributed by atoms with Gasteiger partial charge in [0.25, 0.3) is 15.9 Å². The van der Waals surface area contributed by atoms with E-state index in [1.54, 1.807) is 36.4 Å². The molecule has 0 bridgehead atoms. The van der Waals surface area contributed by atoms with Gasteiger partial charge in [0.05, 0.1) is 23.3 Å². The Morgan fingerprint density at radius 3 is 2.41 bits per heavy atom. The van der Waals surface area contributed by atoms with E-state index >= 15 is 0 Å². The van der Waals surface area contributed by atoms with Gasteiger partial charge in [-0.3, -0.25) is 9.52 Å². The first kappa shape index (κ1) is 21.0. The number of carbonyl (C=O) groups excluding carboxylic acids is 1. The summed E-state index contributed by atoms with van der Waals surface area (Å²) >= 11 is 0. The standard InChI is InChI=1S/C18H21N3O4S.ClH/c1-25-14-6-8-15(9-7-14)26(23,24)21-17-5-3-2-4-16(17)18(22)20-12-13-10-19-11-13;/h2-9,13,19,21H,10-12H2,1H3,(H,20,22);1H. The van der Waals surface area contributed by atoms with Gasteiger partial charge in [0.15, 0.2) is 0 Å². The number of nitrogens with one attached hydrogen (secondary N) is 3. The van der Waals surface area contributed by atoms with E-state index in [4.69, 9.17) is 4.74 Å². The fourth-order valence-corrected chi connectivity index (χ4v) is 3.63. The molecule has 27 heavy (non-hydrogen) atoms. The number of hydrogen-bond acceptors (Lipinski definition) is 5. The number of ether oxygens (including phenoxy) is 1. The van der Waals surface area contributed by atoms with E-state index in [1.165, 1.54) is 19.2 Å². The summed E-state index contributed by atoms with van der Waals surface area (Å²) < 4.78 is 32.7. The van der Waals surface area contributed by atoms with Crippen molar-refractivity contribution < 1.29 is 17.9 Å². The quantitative estimate of drug-likeness (QED) is 0.646. The summed E-state index contributed by atoms with van der Waals surface area (Å²) in [4.78, 5) is 12.5. The predicted molar refractivity (Wildman–Crippen MR) is 106 cm³/mol.